The SMILES string of the molecule is CC(C)(C)OC(=O)N[C@@H](c1ccc(C(F)(F)F)cc1)[C@@H](Cc1ccccc1)[N+](=O)[O-]. The third-order valence-corrected chi connectivity index (χ3v) is 4.21. The van der Waals surface area contributed by atoms with E-state index in [9.17, 15) is 28.1 Å². The molecule has 30 heavy (non-hydrogen) atoms. The van der Waals surface area contributed by atoms with Crippen LogP contribution in [-0.2, 0) is 17.3 Å². The van der Waals surface area contributed by atoms with Gasteiger partial charge in [0.15, 0.2) is 0 Å². The van der Waals surface area contributed by atoms with Gasteiger partial charge in [-0.05, 0) is 44.0 Å². The summed E-state index contributed by atoms with van der Waals surface area (Å²) in [6, 6.07) is 10.0. The molecule has 0 aromatic heterocycles. The number of ether oxygens (including phenoxy) is 1. The maximum Gasteiger partial charge on any atom is 0.416 e. The Morgan fingerprint density at radius 3 is 2.10 bits per heavy atom. The van der Waals surface area contributed by atoms with Crippen molar-refractivity contribution in [1.82, 2.24) is 5.32 Å². The van der Waals surface area contributed by atoms with Crippen molar-refractivity contribution in [3.63, 3.8) is 0 Å². The minimum absolute atomic E-state index is 0.0324. The minimum Gasteiger partial charge on any atom is -0.444 e. The summed E-state index contributed by atoms with van der Waals surface area (Å²) >= 11 is 0. The van der Waals surface area contributed by atoms with Crippen LogP contribution in [0.2, 0.25) is 0 Å². The molecule has 0 radical (unpaired) electrons. The van der Waals surface area contributed by atoms with Gasteiger partial charge in [0.2, 0.25) is 6.04 Å². The van der Waals surface area contributed by atoms with Crippen LogP contribution in [0.5, 0.6) is 0 Å². The number of rotatable bonds is 6. The average Bonchev–Trinajstić information content (AvgIpc) is 2.63. The van der Waals surface area contributed by atoms with E-state index < -0.39 is 40.4 Å². The van der Waals surface area contributed by atoms with Crippen molar-refractivity contribution in [2.45, 2.75) is 51.1 Å². The summed E-state index contributed by atoms with van der Waals surface area (Å²) in [5.41, 5.74) is -0.908. The Kier molecular flexibility index (Phi) is 7.07. The molecule has 0 aliphatic rings. The third kappa shape index (κ3) is 6.75. The van der Waals surface area contributed by atoms with E-state index >= 15 is 0 Å². The monoisotopic (exact) mass is 424 g/mol. The Labute approximate surface area is 172 Å². The van der Waals surface area contributed by atoms with Crippen molar-refractivity contribution in [2.75, 3.05) is 0 Å². The highest BCUT2D eigenvalue weighted by Gasteiger charge is 2.36. The van der Waals surface area contributed by atoms with Gasteiger partial charge in [-0.2, -0.15) is 13.2 Å². The van der Waals surface area contributed by atoms with E-state index in [4.69, 9.17) is 4.74 Å². The molecule has 2 rings (SSSR count). The Hall–Kier alpha value is -3.10. The second kappa shape index (κ2) is 9.15. The molecule has 2 aromatic rings. The van der Waals surface area contributed by atoms with E-state index in [1.165, 1.54) is 0 Å². The zero-order chi connectivity index (χ0) is 22.5. The van der Waals surface area contributed by atoms with E-state index in [1.807, 2.05) is 0 Å². The Morgan fingerprint density at radius 1 is 1.07 bits per heavy atom. The largest absolute Gasteiger partial charge is 0.444 e. The number of hydrogen-bond acceptors (Lipinski definition) is 4. The molecule has 6 nitrogen and oxygen atoms in total. The van der Waals surface area contributed by atoms with Crippen molar-refractivity contribution < 1.29 is 27.6 Å². The standard InChI is InChI=1S/C21H23F3N2O4/c1-20(2,3)30-19(27)25-18(15-9-11-16(12-10-15)21(22,23)24)17(26(28)29)13-14-7-5-4-6-8-14/h4-12,17-18H,13H2,1-3H3,(H,25,27)/t17-,18+/m1/s1. The first kappa shape index (κ1) is 23.2. The van der Waals surface area contributed by atoms with Crippen LogP contribution in [0.15, 0.2) is 54.6 Å². The molecule has 162 valence electrons. The van der Waals surface area contributed by atoms with Gasteiger partial charge in [0, 0.05) is 11.3 Å². The molecule has 2 aromatic carbocycles. The number of halogens is 3. The fourth-order valence-corrected chi connectivity index (χ4v) is 2.89. The summed E-state index contributed by atoms with van der Waals surface area (Å²) in [6.07, 6.45) is -5.47. The van der Waals surface area contributed by atoms with E-state index in [1.54, 1.807) is 51.1 Å². The summed E-state index contributed by atoms with van der Waals surface area (Å²) < 4.78 is 43.9. The second-order valence-electron chi connectivity index (χ2n) is 7.79. The number of alkyl halides is 3. The van der Waals surface area contributed by atoms with E-state index in [2.05, 4.69) is 5.32 Å². The zero-order valence-electron chi connectivity index (χ0n) is 16.8. The summed E-state index contributed by atoms with van der Waals surface area (Å²) in [4.78, 5) is 23.6. The number of amides is 1. The first-order valence-electron chi connectivity index (χ1n) is 9.21. The molecule has 0 aliphatic heterocycles. The molecule has 2 atom stereocenters. The number of carbonyl (C=O) groups excluding carboxylic acids is 1. The Bertz CT molecular complexity index is 863. The number of benzene rings is 2. The van der Waals surface area contributed by atoms with Gasteiger partial charge in [0.25, 0.3) is 0 Å². The molecule has 0 saturated carbocycles. The topological polar surface area (TPSA) is 81.5 Å². The van der Waals surface area contributed by atoms with Crippen LogP contribution in [0, 0.1) is 10.1 Å². The first-order valence-corrected chi connectivity index (χ1v) is 9.21. The number of nitrogens with one attached hydrogen (secondary N) is 1. The maximum absolute atomic E-state index is 12.9. The van der Waals surface area contributed by atoms with Gasteiger partial charge in [-0.25, -0.2) is 4.79 Å². The van der Waals surface area contributed by atoms with Crippen molar-refractivity contribution in [3.8, 4) is 0 Å². The van der Waals surface area contributed by atoms with Gasteiger partial charge in [-0.3, -0.25) is 10.1 Å². The molecule has 0 aliphatic carbocycles. The third-order valence-electron chi connectivity index (χ3n) is 4.21. The summed E-state index contributed by atoms with van der Waals surface area (Å²) in [7, 11) is 0. The van der Waals surface area contributed by atoms with Crippen LogP contribution in [0.1, 0.15) is 43.5 Å². The number of carbonyl (C=O) groups is 1. The van der Waals surface area contributed by atoms with Gasteiger partial charge in [-0.15, -0.1) is 0 Å². The molecule has 1 N–H and O–H groups in total. The smallest absolute Gasteiger partial charge is 0.416 e. The molecule has 9 heteroatoms. The van der Waals surface area contributed by atoms with Crippen molar-refractivity contribution in [1.29, 1.82) is 0 Å². The Morgan fingerprint density at radius 2 is 1.63 bits per heavy atom. The number of alkyl carbamates (subject to hydrolysis) is 1. The lowest BCUT2D eigenvalue weighted by molar-refractivity contribution is -0.527. The minimum atomic E-state index is -4.54. The highest BCUT2D eigenvalue weighted by molar-refractivity contribution is 5.68. The van der Waals surface area contributed by atoms with Crippen LogP contribution < -0.4 is 5.32 Å². The fourth-order valence-electron chi connectivity index (χ4n) is 2.89. The lowest BCUT2D eigenvalue weighted by atomic mass is 9.93. The fraction of sp³-hybridized carbons (Fsp3) is 0.381. The zero-order valence-corrected chi connectivity index (χ0v) is 16.8. The number of hydrogen-bond donors (Lipinski definition) is 1. The van der Waals surface area contributed by atoms with Crippen molar-refractivity contribution in [3.05, 3.63) is 81.4 Å². The predicted octanol–water partition coefficient (Wildman–Crippen LogP) is 5.16. The quantitative estimate of drug-likeness (QED) is 0.513. The number of nitro groups is 1. The lowest BCUT2D eigenvalue weighted by Crippen LogP contribution is -2.43. The maximum atomic E-state index is 12.9. The van der Waals surface area contributed by atoms with Crippen LogP contribution in [0.3, 0.4) is 0 Å². The van der Waals surface area contributed by atoms with Crippen LogP contribution >= 0.6 is 0 Å². The number of nitrogens with zero attached hydrogens (tertiary/aromatic N) is 1. The molecular formula is C21H23F3N2O4. The molecule has 0 bridgehead atoms. The van der Waals surface area contributed by atoms with E-state index in [0.717, 1.165) is 24.3 Å². The van der Waals surface area contributed by atoms with E-state index in [-0.39, 0.29) is 12.0 Å². The predicted molar refractivity (Wildman–Crippen MR) is 104 cm³/mol. The molecule has 0 heterocycles. The molecule has 1 amide bonds. The lowest BCUT2D eigenvalue weighted by Gasteiger charge is -2.26. The van der Waals surface area contributed by atoms with Gasteiger partial charge < -0.3 is 10.1 Å². The van der Waals surface area contributed by atoms with Crippen molar-refractivity contribution in [2.24, 2.45) is 0 Å². The molecule has 0 spiro atoms. The summed E-state index contributed by atoms with van der Waals surface area (Å²) in [6.45, 7) is 4.90. The molecule has 0 unspecified atom stereocenters. The van der Waals surface area contributed by atoms with Crippen LogP contribution in [0.4, 0.5) is 18.0 Å². The van der Waals surface area contributed by atoms with Crippen LogP contribution in [-0.4, -0.2) is 22.7 Å². The second-order valence-corrected chi connectivity index (χ2v) is 7.79. The highest BCUT2D eigenvalue weighted by atomic mass is 19.4. The average molecular weight is 424 g/mol. The highest BCUT2D eigenvalue weighted by Crippen LogP contribution is 2.31. The van der Waals surface area contributed by atoms with E-state index in [0.29, 0.717) is 5.56 Å². The van der Waals surface area contributed by atoms with Gasteiger partial charge in [-0.1, -0.05) is 42.5 Å². The normalized spacial score (nSPS) is 13.9. The van der Waals surface area contributed by atoms with Crippen LogP contribution in [0.25, 0.3) is 0 Å². The summed E-state index contributed by atoms with van der Waals surface area (Å²) in [5.74, 6) is 0. The van der Waals surface area contributed by atoms with Gasteiger partial charge in [0.05, 0.1) is 5.56 Å². The summed E-state index contributed by atoms with van der Waals surface area (Å²) in [5, 5.41) is 14.3. The first-order chi connectivity index (χ1) is 13.9. The Balaban J connectivity index is 2.40. The van der Waals surface area contributed by atoms with Crippen molar-refractivity contribution >= 4 is 6.09 Å². The molecule has 0 saturated heterocycles. The van der Waals surface area contributed by atoms with Gasteiger partial charge in [0.1, 0.15) is 11.6 Å². The van der Waals surface area contributed by atoms with Gasteiger partial charge >= 0.3 is 12.3 Å². The molecular weight excluding hydrogens is 401 g/mol. The molecule has 0 fully saturated rings.